The minimum absolute atomic E-state index is 0.461. The van der Waals surface area contributed by atoms with E-state index in [4.69, 9.17) is 0 Å². The summed E-state index contributed by atoms with van der Waals surface area (Å²) in [5, 5.41) is 4.18. The molecule has 0 radical (unpaired) electrons. The maximum Gasteiger partial charge on any atom is 0.214 e. The smallest absolute Gasteiger partial charge is 0.214 e. The van der Waals surface area contributed by atoms with Crippen molar-refractivity contribution in [3.63, 3.8) is 0 Å². The van der Waals surface area contributed by atoms with Crippen LogP contribution in [0.4, 0.5) is 10.2 Å². The van der Waals surface area contributed by atoms with Crippen LogP contribution in [0.3, 0.4) is 0 Å². The summed E-state index contributed by atoms with van der Waals surface area (Å²) < 4.78 is 12.8. The molecule has 0 aromatic carbocycles. The molecule has 1 N–H and O–H groups in total. The predicted octanol–water partition coefficient (Wildman–Crippen LogP) is 2.89. The molecule has 2 rings (SSSR count). The quantitative estimate of drug-likeness (QED) is 0.830. The fraction of sp³-hybridized carbons (Fsp3) is 0.333. The fourth-order valence-corrected chi connectivity index (χ4v) is 2.29. The number of nitrogens with zero attached hydrogens (tertiary/aromatic N) is 2. The van der Waals surface area contributed by atoms with Crippen molar-refractivity contribution in [1.82, 2.24) is 9.97 Å². The van der Waals surface area contributed by atoms with Gasteiger partial charge < -0.3 is 5.32 Å². The highest BCUT2D eigenvalue weighted by Crippen LogP contribution is 2.14. The minimum Gasteiger partial charge on any atom is -0.370 e. The Bertz CT molecular complexity index is 484. The first-order chi connectivity index (χ1) is 8.28. The molecular weight excluding hydrogens is 237 g/mol. The van der Waals surface area contributed by atoms with Gasteiger partial charge >= 0.3 is 0 Å². The Kier molecular flexibility index (Phi) is 4.03. The van der Waals surface area contributed by atoms with E-state index in [1.54, 1.807) is 23.5 Å². The number of nitrogens with one attached hydrogen (secondary N) is 1. The number of hydrogen-bond acceptors (Lipinski definition) is 4. The van der Waals surface area contributed by atoms with Gasteiger partial charge in [0.25, 0.3) is 0 Å². The van der Waals surface area contributed by atoms with E-state index in [1.165, 1.54) is 10.9 Å². The van der Waals surface area contributed by atoms with E-state index in [1.807, 2.05) is 6.20 Å². The average Bonchev–Trinajstić information content (AvgIpc) is 2.77. The van der Waals surface area contributed by atoms with Gasteiger partial charge in [-0.15, -0.1) is 11.3 Å². The summed E-state index contributed by atoms with van der Waals surface area (Å²) in [5.74, 6) is 0.106. The highest BCUT2D eigenvalue weighted by atomic mass is 32.1. The van der Waals surface area contributed by atoms with Crippen LogP contribution < -0.4 is 5.32 Å². The highest BCUT2D eigenvalue weighted by Gasteiger charge is 2.01. The SMILES string of the molecule is CCc1cnc(CCNc2cccc(F)n2)s1. The number of hydrogen-bond donors (Lipinski definition) is 1. The molecule has 0 amide bonds. The van der Waals surface area contributed by atoms with E-state index in [9.17, 15) is 4.39 Å². The molecule has 3 nitrogen and oxygen atoms in total. The largest absolute Gasteiger partial charge is 0.370 e. The summed E-state index contributed by atoms with van der Waals surface area (Å²) in [4.78, 5) is 9.35. The van der Waals surface area contributed by atoms with E-state index >= 15 is 0 Å². The third-order valence-electron chi connectivity index (χ3n) is 2.31. The molecule has 2 aromatic heterocycles. The van der Waals surface area contributed by atoms with Crippen molar-refractivity contribution < 1.29 is 4.39 Å². The third kappa shape index (κ3) is 3.49. The first kappa shape index (κ1) is 12.0. The molecule has 0 aliphatic carbocycles. The van der Waals surface area contributed by atoms with Crippen LogP contribution >= 0.6 is 11.3 Å². The van der Waals surface area contributed by atoms with Crippen LogP contribution in [-0.4, -0.2) is 16.5 Å². The summed E-state index contributed by atoms with van der Waals surface area (Å²) in [6.45, 7) is 2.83. The summed E-state index contributed by atoms with van der Waals surface area (Å²) in [6, 6.07) is 4.73. The van der Waals surface area contributed by atoms with Gasteiger partial charge in [0.15, 0.2) is 0 Å². The van der Waals surface area contributed by atoms with Gasteiger partial charge in [0.05, 0.1) is 5.01 Å². The van der Waals surface area contributed by atoms with Gasteiger partial charge in [0.1, 0.15) is 5.82 Å². The monoisotopic (exact) mass is 251 g/mol. The van der Waals surface area contributed by atoms with Crippen LogP contribution in [0.2, 0.25) is 0 Å². The van der Waals surface area contributed by atoms with E-state index in [2.05, 4.69) is 22.2 Å². The number of halogens is 1. The number of aromatic nitrogens is 2. The Morgan fingerprint density at radius 3 is 3.00 bits per heavy atom. The van der Waals surface area contributed by atoms with Crippen LogP contribution in [0.1, 0.15) is 16.8 Å². The van der Waals surface area contributed by atoms with Crippen molar-refractivity contribution in [2.24, 2.45) is 0 Å². The van der Waals surface area contributed by atoms with Gasteiger partial charge in [-0.3, -0.25) is 0 Å². The number of aryl methyl sites for hydroxylation is 1. The minimum atomic E-state index is -0.461. The van der Waals surface area contributed by atoms with E-state index in [0.29, 0.717) is 12.4 Å². The van der Waals surface area contributed by atoms with Crippen molar-refractivity contribution in [2.45, 2.75) is 19.8 Å². The number of pyridine rings is 1. The lowest BCUT2D eigenvalue weighted by atomic mass is 10.4. The van der Waals surface area contributed by atoms with Gasteiger partial charge in [0, 0.05) is 24.0 Å². The summed E-state index contributed by atoms with van der Waals surface area (Å²) in [7, 11) is 0. The fourth-order valence-electron chi connectivity index (χ4n) is 1.43. The van der Waals surface area contributed by atoms with Gasteiger partial charge in [-0.25, -0.2) is 9.97 Å². The second kappa shape index (κ2) is 5.72. The van der Waals surface area contributed by atoms with E-state index < -0.39 is 5.95 Å². The Hall–Kier alpha value is -1.49. The predicted molar refractivity (Wildman–Crippen MR) is 67.9 cm³/mol. The Morgan fingerprint density at radius 2 is 2.29 bits per heavy atom. The molecule has 0 saturated heterocycles. The molecule has 0 atom stereocenters. The standard InChI is InChI=1S/C12H14FN3S/c1-2-9-8-15-12(17-9)6-7-14-11-5-3-4-10(13)16-11/h3-5,8H,2,6-7H2,1H3,(H,14,16). The first-order valence-electron chi connectivity index (χ1n) is 5.58. The van der Waals surface area contributed by atoms with Crippen LogP contribution in [0.25, 0.3) is 0 Å². The topological polar surface area (TPSA) is 37.8 Å². The molecular formula is C12H14FN3S. The normalized spacial score (nSPS) is 10.5. The zero-order valence-electron chi connectivity index (χ0n) is 9.61. The van der Waals surface area contributed by atoms with E-state index in [0.717, 1.165) is 17.8 Å². The van der Waals surface area contributed by atoms with Crippen molar-refractivity contribution >= 4 is 17.2 Å². The molecule has 2 aromatic rings. The average molecular weight is 251 g/mol. The zero-order chi connectivity index (χ0) is 12.1. The molecule has 0 bridgehead atoms. The van der Waals surface area contributed by atoms with Crippen LogP contribution in [0.5, 0.6) is 0 Å². The number of rotatable bonds is 5. The molecule has 0 spiro atoms. The zero-order valence-corrected chi connectivity index (χ0v) is 10.4. The molecule has 17 heavy (non-hydrogen) atoms. The molecule has 0 fully saturated rings. The van der Waals surface area contributed by atoms with Gasteiger partial charge in [0.2, 0.25) is 5.95 Å². The molecule has 2 heterocycles. The number of anilines is 1. The van der Waals surface area contributed by atoms with Gasteiger partial charge in [-0.2, -0.15) is 4.39 Å². The summed E-state index contributed by atoms with van der Waals surface area (Å²) in [5.41, 5.74) is 0. The molecule has 5 heteroatoms. The molecule has 90 valence electrons. The lowest BCUT2D eigenvalue weighted by Crippen LogP contribution is -2.06. The van der Waals surface area contributed by atoms with Crippen LogP contribution in [0.15, 0.2) is 24.4 Å². The van der Waals surface area contributed by atoms with Gasteiger partial charge in [-0.1, -0.05) is 13.0 Å². The van der Waals surface area contributed by atoms with Crippen molar-refractivity contribution in [3.8, 4) is 0 Å². The molecule has 0 saturated carbocycles. The second-order valence-corrected chi connectivity index (χ2v) is 4.80. The van der Waals surface area contributed by atoms with Crippen molar-refractivity contribution in [1.29, 1.82) is 0 Å². The lowest BCUT2D eigenvalue weighted by molar-refractivity contribution is 0.585. The van der Waals surface area contributed by atoms with Gasteiger partial charge in [-0.05, 0) is 18.6 Å². The molecule has 0 aliphatic heterocycles. The molecule has 0 aliphatic rings. The third-order valence-corrected chi connectivity index (χ3v) is 3.51. The maximum atomic E-state index is 12.8. The Morgan fingerprint density at radius 1 is 1.41 bits per heavy atom. The van der Waals surface area contributed by atoms with Crippen molar-refractivity contribution in [2.75, 3.05) is 11.9 Å². The Balaban J connectivity index is 1.83. The second-order valence-electron chi connectivity index (χ2n) is 3.60. The van der Waals surface area contributed by atoms with Crippen LogP contribution in [0, 0.1) is 5.95 Å². The van der Waals surface area contributed by atoms with Crippen LogP contribution in [-0.2, 0) is 12.8 Å². The van der Waals surface area contributed by atoms with Crippen molar-refractivity contribution in [3.05, 3.63) is 40.2 Å². The van der Waals surface area contributed by atoms with E-state index in [-0.39, 0.29) is 0 Å². The Labute approximate surface area is 104 Å². The number of thiazole rings is 1. The lowest BCUT2D eigenvalue weighted by Gasteiger charge is -2.03. The summed E-state index contributed by atoms with van der Waals surface area (Å²) >= 11 is 1.73. The highest BCUT2D eigenvalue weighted by molar-refractivity contribution is 7.11. The first-order valence-corrected chi connectivity index (χ1v) is 6.39. The molecule has 0 unspecified atom stereocenters. The summed E-state index contributed by atoms with van der Waals surface area (Å²) in [6.07, 6.45) is 3.78. The maximum absolute atomic E-state index is 12.8.